The monoisotopic (exact) mass is 389 g/mol. The first-order chi connectivity index (χ1) is 12.1. The highest BCUT2D eigenvalue weighted by Crippen LogP contribution is 2.44. The fourth-order valence-electron chi connectivity index (χ4n) is 4.18. The van der Waals surface area contributed by atoms with Crippen molar-refractivity contribution in [3.8, 4) is 0 Å². The van der Waals surface area contributed by atoms with Crippen LogP contribution in [0.3, 0.4) is 0 Å². The molecule has 26 heavy (non-hydrogen) atoms. The molecule has 0 radical (unpaired) electrons. The number of sulfone groups is 1. The summed E-state index contributed by atoms with van der Waals surface area (Å²) in [6, 6.07) is 4.59. The van der Waals surface area contributed by atoms with Gasteiger partial charge in [-0.25, -0.2) is 8.42 Å². The number of likely N-dealkylation sites (N-methyl/N-ethyl adjacent to an activating group) is 1. The average molecular weight is 389 g/mol. The molecule has 0 N–H and O–H groups in total. The normalized spacial score (nSPS) is 24.5. The second-order valence-corrected chi connectivity index (χ2v) is 9.57. The number of amides is 1. The number of halogens is 3. The van der Waals surface area contributed by atoms with Crippen LogP contribution in [-0.2, 0) is 26.2 Å². The zero-order chi connectivity index (χ0) is 19.2. The van der Waals surface area contributed by atoms with E-state index < -0.39 is 33.0 Å². The minimum atomic E-state index is -4.47. The molecule has 1 atom stereocenters. The lowest BCUT2D eigenvalue weighted by molar-refractivity contribution is -0.139. The SMILES string of the molecule is CN(C(=O)C1(c2cccc(C(F)(F)F)c2)CCCC1)C1CCS(=O)(=O)C1. The molecular weight excluding hydrogens is 367 g/mol. The molecule has 0 aromatic heterocycles. The Morgan fingerprint density at radius 1 is 1.23 bits per heavy atom. The molecular formula is C18H22F3NO3S. The van der Waals surface area contributed by atoms with Crippen LogP contribution < -0.4 is 0 Å². The van der Waals surface area contributed by atoms with Crippen molar-refractivity contribution in [3.05, 3.63) is 35.4 Å². The smallest absolute Gasteiger partial charge is 0.341 e. The van der Waals surface area contributed by atoms with Crippen molar-refractivity contribution in [2.45, 2.75) is 49.7 Å². The molecule has 1 heterocycles. The van der Waals surface area contributed by atoms with Gasteiger partial charge >= 0.3 is 6.18 Å². The average Bonchev–Trinajstić information content (AvgIpc) is 3.20. The van der Waals surface area contributed by atoms with E-state index in [4.69, 9.17) is 0 Å². The van der Waals surface area contributed by atoms with Crippen molar-refractivity contribution < 1.29 is 26.4 Å². The van der Waals surface area contributed by atoms with Gasteiger partial charge in [0.15, 0.2) is 9.84 Å². The summed E-state index contributed by atoms with van der Waals surface area (Å²) in [7, 11) is -1.58. The van der Waals surface area contributed by atoms with E-state index >= 15 is 0 Å². The molecule has 1 aromatic rings. The van der Waals surface area contributed by atoms with Gasteiger partial charge in [0, 0.05) is 13.1 Å². The van der Waals surface area contributed by atoms with Crippen molar-refractivity contribution in [2.75, 3.05) is 18.6 Å². The Morgan fingerprint density at radius 3 is 2.42 bits per heavy atom. The van der Waals surface area contributed by atoms with Crippen LogP contribution in [0, 0.1) is 0 Å². The number of carbonyl (C=O) groups is 1. The lowest BCUT2D eigenvalue weighted by Crippen LogP contribution is -2.48. The van der Waals surface area contributed by atoms with Gasteiger partial charge in [-0.3, -0.25) is 4.79 Å². The Morgan fingerprint density at radius 2 is 1.88 bits per heavy atom. The maximum atomic E-state index is 13.3. The number of alkyl halides is 3. The van der Waals surface area contributed by atoms with E-state index in [-0.39, 0.29) is 17.4 Å². The molecule has 144 valence electrons. The Kier molecular flexibility index (Phi) is 4.83. The predicted octanol–water partition coefficient (Wildman–Crippen LogP) is 3.16. The fraction of sp³-hybridized carbons (Fsp3) is 0.611. The number of hydrogen-bond donors (Lipinski definition) is 0. The summed E-state index contributed by atoms with van der Waals surface area (Å²) in [5.74, 6) is -0.295. The van der Waals surface area contributed by atoms with Crippen molar-refractivity contribution in [2.24, 2.45) is 0 Å². The van der Waals surface area contributed by atoms with Gasteiger partial charge in [-0.05, 0) is 30.9 Å². The van der Waals surface area contributed by atoms with E-state index in [1.165, 1.54) is 11.0 Å². The molecule has 3 rings (SSSR count). The van der Waals surface area contributed by atoms with E-state index in [0.29, 0.717) is 24.8 Å². The van der Waals surface area contributed by atoms with Gasteiger partial charge in [-0.15, -0.1) is 0 Å². The molecule has 1 aliphatic heterocycles. The first-order valence-electron chi connectivity index (χ1n) is 8.71. The lowest BCUT2D eigenvalue weighted by Gasteiger charge is -2.35. The van der Waals surface area contributed by atoms with Gasteiger partial charge in [0.05, 0.1) is 22.5 Å². The van der Waals surface area contributed by atoms with Crippen molar-refractivity contribution in [1.29, 1.82) is 0 Å². The summed E-state index contributed by atoms with van der Waals surface area (Å²) in [5, 5.41) is 0. The summed E-state index contributed by atoms with van der Waals surface area (Å²) in [6.45, 7) is 0. The van der Waals surface area contributed by atoms with E-state index in [9.17, 15) is 26.4 Å². The summed E-state index contributed by atoms with van der Waals surface area (Å²) in [5.41, 5.74) is -1.38. The Bertz CT molecular complexity index is 798. The van der Waals surface area contributed by atoms with Crippen LogP contribution in [0.1, 0.15) is 43.2 Å². The minimum Gasteiger partial charge on any atom is -0.341 e. The molecule has 1 amide bonds. The van der Waals surface area contributed by atoms with Gasteiger partial charge in [0.2, 0.25) is 5.91 Å². The van der Waals surface area contributed by atoms with Gasteiger partial charge in [-0.1, -0.05) is 31.0 Å². The van der Waals surface area contributed by atoms with Crippen LogP contribution in [0.4, 0.5) is 13.2 Å². The van der Waals surface area contributed by atoms with Gasteiger partial charge in [-0.2, -0.15) is 13.2 Å². The molecule has 0 bridgehead atoms. The highest BCUT2D eigenvalue weighted by atomic mass is 32.2. The number of benzene rings is 1. The third-order valence-electron chi connectivity index (χ3n) is 5.69. The zero-order valence-corrected chi connectivity index (χ0v) is 15.4. The third-order valence-corrected chi connectivity index (χ3v) is 7.44. The molecule has 1 aliphatic carbocycles. The summed E-state index contributed by atoms with van der Waals surface area (Å²) in [4.78, 5) is 14.7. The molecule has 1 unspecified atom stereocenters. The highest BCUT2D eigenvalue weighted by Gasteiger charge is 2.47. The van der Waals surface area contributed by atoms with Crippen LogP contribution in [0.5, 0.6) is 0 Å². The van der Waals surface area contributed by atoms with Gasteiger partial charge in [0.25, 0.3) is 0 Å². The molecule has 4 nitrogen and oxygen atoms in total. The van der Waals surface area contributed by atoms with Crippen LogP contribution in [-0.4, -0.2) is 43.8 Å². The van der Waals surface area contributed by atoms with Crippen molar-refractivity contribution >= 4 is 15.7 Å². The molecule has 1 saturated heterocycles. The molecule has 8 heteroatoms. The summed E-state index contributed by atoms with van der Waals surface area (Å²) in [6.07, 6.45) is -1.60. The fourth-order valence-corrected chi connectivity index (χ4v) is 5.96. The zero-order valence-electron chi connectivity index (χ0n) is 14.6. The molecule has 1 aromatic carbocycles. The molecule has 2 aliphatic rings. The van der Waals surface area contributed by atoms with Crippen LogP contribution in [0.2, 0.25) is 0 Å². The predicted molar refractivity (Wildman–Crippen MR) is 91.4 cm³/mol. The molecule has 2 fully saturated rings. The Hall–Kier alpha value is -1.57. The number of nitrogens with zero attached hydrogens (tertiary/aromatic N) is 1. The van der Waals surface area contributed by atoms with Crippen molar-refractivity contribution in [3.63, 3.8) is 0 Å². The Labute approximate surface area is 151 Å². The van der Waals surface area contributed by atoms with Gasteiger partial charge in [0.1, 0.15) is 0 Å². The second kappa shape index (κ2) is 6.55. The lowest BCUT2D eigenvalue weighted by atomic mass is 9.76. The molecule has 1 saturated carbocycles. The molecule has 0 spiro atoms. The maximum absolute atomic E-state index is 13.3. The topological polar surface area (TPSA) is 54.5 Å². The van der Waals surface area contributed by atoms with E-state index in [1.807, 2.05) is 0 Å². The minimum absolute atomic E-state index is 0.0475. The standard InChI is InChI=1S/C18H22F3NO3S/c1-22(15-7-10-26(24,25)12-15)16(23)17(8-2-3-9-17)13-5-4-6-14(11-13)18(19,20)21/h4-6,11,15H,2-3,7-10,12H2,1H3. The largest absolute Gasteiger partial charge is 0.416 e. The summed E-state index contributed by atoms with van der Waals surface area (Å²) < 4.78 is 62.8. The van der Waals surface area contributed by atoms with Gasteiger partial charge < -0.3 is 4.90 Å². The third kappa shape index (κ3) is 3.48. The number of hydrogen-bond acceptors (Lipinski definition) is 3. The number of carbonyl (C=O) groups excluding carboxylic acids is 1. The highest BCUT2D eigenvalue weighted by molar-refractivity contribution is 7.91. The number of rotatable bonds is 3. The first kappa shape index (κ1) is 19.2. The van der Waals surface area contributed by atoms with E-state index in [2.05, 4.69) is 0 Å². The van der Waals surface area contributed by atoms with Crippen LogP contribution in [0.25, 0.3) is 0 Å². The van der Waals surface area contributed by atoms with Crippen LogP contribution in [0.15, 0.2) is 24.3 Å². The summed E-state index contributed by atoms with van der Waals surface area (Å²) >= 11 is 0. The van der Waals surface area contributed by atoms with E-state index in [0.717, 1.165) is 25.0 Å². The van der Waals surface area contributed by atoms with E-state index in [1.54, 1.807) is 13.1 Å². The Balaban J connectivity index is 1.94. The maximum Gasteiger partial charge on any atom is 0.416 e. The van der Waals surface area contributed by atoms with Crippen LogP contribution >= 0.6 is 0 Å². The first-order valence-corrected chi connectivity index (χ1v) is 10.5. The second-order valence-electron chi connectivity index (χ2n) is 7.34. The van der Waals surface area contributed by atoms with Crippen molar-refractivity contribution in [1.82, 2.24) is 4.90 Å². The quantitative estimate of drug-likeness (QED) is 0.798.